The second-order valence-electron chi connectivity index (χ2n) is 6.13. The van der Waals surface area contributed by atoms with Gasteiger partial charge in [-0.1, -0.05) is 26.2 Å². The lowest BCUT2D eigenvalue weighted by Crippen LogP contribution is -2.47. The van der Waals surface area contributed by atoms with E-state index in [0.717, 1.165) is 18.8 Å². The number of nitrogens with one attached hydrogen (secondary N) is 2. The maximum atomic E-state index is 12.2. The van der Waals surface area contributed by atoms with Gasteiger partial charge < -0.3 is 10.6 Å². The van der Waals surface area contributed by atoms with Crippen molar-refractivity contribution in [2.24, 2.45) is 10.9 Å². The molecule has 1 rings (SSSR count). The molecule has 0 radical (unpaired) electrons. The summed E-state index contributed by atoms with van der Waals surface area (Å²) >= 11 is 0. The molecule has 22 heavy (non-hydrogen) atoms. The van der Waals surface area contributed by atoms with Crippen LogP contribution in [-0.4, -0.2) is 56.8 Å². The highest BCUT2D eigenvalue weighted by Crippen LogP contribution is 2.26. The first-order valence-electron chi connectivity index (χ1n) is 8.06. The van der Waals surface area contributed by atoms with Crippen LogP contribution in [0.5, 0.6) is 0 Å². The van der Waals surface area contributed by atoms with Gasteiger partial charge in [0.05, 0.1) is 6.54 Å². The molecular formula is C15H29F3N4. The molecule has 1 aliphatic carbocycles. The number of rotatable bonds is 6. The summed E-state index contributed by atoms with van der Waals surface area (Å²) in [6.07, 6.45) is 1.85. The van der Waals surface area contributed by atoms with Crippen molar-refractivity contribution in [2.75, 3.05) is 33.7 Å². The molecule has 0 saturated heterocycles. The molecule has 0 aromatic rings. The van der Waals surface area contributed by atoms with E-state index < -0.39 is 12.7 Å². The third kappa shape index (κ3) is 7.87. The Hall–Kier alpha value is -0.980. The number of likely N-dealkylation sites (N-methyl/N-ethyl adjacent to an activating group) is 1. The van der Waals surface area contributed by atoms with Gasteiger partial charge in [0.1, 0.15) is 0 Å². The summed E-state index contributed by atoms with van der Waals surface area (Å²) < 4.78 is 36.7. The van der Waals surface area contributed by atoms with Crippen LogP contribution in [0.2, 0.25) is 0 Å². The molecule has 0 aromatic carbocycles. The van der Waals surface area contributed by atoms with Gasteiger partial charge in [-0.05, 0) is 25.8 Å². The van der Waals surface area contributed by atoms with Crippen LogP contribution in [0.25, 0.3) is 0 Å². The minimum atomic E-state index is -4.15. The Morgan fingerprint density at radius 2 is 2.05 bits per heavy atom. The van der Waals surface area contributed by atoms with Gasteiger partial charge in [0, 0.05) is 26.2 Å². The van der Waals surface area contributed by atoms with Gasteiger partial charge in [0.15, 0.2) is 5.96 Å². The van der Waals surface area contributed by atoms with Gasteiger partial charge in [-0.3, -0.25) is 9.89 Å². The summed E-state index contributed by atoms with van der Waals surface area (Å²) in [5.41, 5.74) is 0. The maximum absolute atomic E-state index is 12.2. The van der Waals surface area contributed by atoms with Gasteiger partial charge in [0.25, 0.3) is 0 Å². The van der Waals surface area contributed by atoms with Gasteiger partial charge in [-0.2, -0.15) is 13.2 Å². The molecule has 0 aliphatic heterocycles. The van der Waals surface area contributed by atoms with Gasteiger partial charge >= 0.3 is 6.18 Å². The second kappa shape index (κ2) is 9.22. The van der Waals surface area contributed by atoms with E-state index in [1.54, 1.807) is 7.05 Å². The van der Waals surface area contributed by atoms with Crippen LogP contribution in [0.4, 0.5) is 13.2 Å². The number of hydrogen-bond acceptors (Lipinski definition) is 2. The maximum Gasteiger partial charge on any atom is 0.401 e. The number of alkyl halides is 3. The molecule has 0 amide bonds. The fourth-order valence-electron chi connectivity index (χ4n) is 2.93. The zero-order valence-corrected chi connectivity index (χ0v) is 13.8. The van der Waals surface area contributed by atoms with Crippen LogP contribution >= 0.6 is 0 Å². The minimum Gasteiger partial charge on any atom is -0.355 e. The standard InChI is InChI=1S/C15H29F3N4/c1-4-12-6-5-7-13(10-12)21-14(19-2)20-8-9-22(3)11-15(16,17)18/h12-13H,4-11H2,1-3H3,(H2,19,20,21). The van der Waals surface area contributed by atoms with Gasteiger partial charge in [-0.15, -0.1) is 0 Å². The molecule has 0 heterocycles. The fraction of sp³-hybridized carbons (Fsp3) is 0.933. The highest BCUT2D eigenvalue weighted by atomic mass is 19.4. The molecule has 2 unspecified atom stereocenters. The summed E-state index contributed by atoms with van der Waals surface area (Å²) in [6, 6.07) is 0.415. The minimum absolute atomic E-state index is 0.322. The molecule has 0 aromatic heterocycles. The largest absolute Gasteiger partial charge is 0.401 e. The molecule has 1 fully saturated rings. The lowest BCUT2D eigenvalue weighted by Gasteiger charge is -2.30. The molecule has 1 aliphatic rings. The van der Waals surface area contributed by atoms with Crippen LogP contribution in [0, 0.1) is 5.92 Å². The number of hydrogen-bond donors (Lipinski definition) is 2. The number of guanidine groups is 1. The Kier molecular flexibility index (Phi) is 8.00. The van der Waals surface area contributed by atoms with E-state index in [-0.39, 0.29) is 0 Å². The van der Waals surface area contributed by atoms with E-state index >= 15 is 0 Å². The first-order valence-corrected chi connectivity index (χ1v) is 8.06. The lowest BCUT2D eigenvalue weighted by atomic mass is 9.84. The average molecular weight is 322 g/mol. The highest BCUT2D eigenvalue weighted by Gasteiger charge is 2.28. The molecule has 0 spiro atoms. The van der Waals surface area contributed by atoms with E-state index in [1.807, 2.05) is 0 Å². The Balaban J connectivity index is 2.28. The normalized spacial score (nSPS) is 23.7. The molecule has 0 bridgehead atoms. The van der Waals surface area contributed by atoms with Crippen LogP contribution < -0.4 is 10.6 Å². The molecule has 130 valence electrons. The quantitative estimate of drug-likeness (QED) is 0.583. The first-order chi connectivity index (χ1) is 10.3. The monoisotopic (exact) mass is 322 g/mol. The third-order valence-corrected chi connectivity index (χ3v) is 4.16. The third-order valence-electron chi connectivity index (χ3n) is 4.16. The van der Waals surface area contributed by atoms with E-state index in [9.17, 15) is 13.2 Å². The van der Waals surface area contributed by atoms with Gasteiger partial charge in [0.2, 0.25) is 0 Å². The van der Waals surface area contributed by atoms with Crippen molar-refractivity contribution >= 4 is 5.96 Å². The van der Waals surface area contributed by atoms with E-state index in [1.165, 1.54) is 31.2 Å². The molecule has 1 saturated carbocycles. The molecule has 2 N–H and O–H groups in total. The number of nitrogens with zero attached hydrogens (tertiary/aromatic N) is 2. The van der Waals surface area contributed by atoms with Crippen LogP contribution in [0.3, 0.4) is 0 Å². The Labute approximate surface area is 131 Å². The number of aliphatic imine (C=N–C) groups is 1. The topological polar surface area (TPSA) is 39.7 Å². The zero-order valence-electron chi connectivity index (χ0n) is 13.8. The SMILES string of the molecule is CCC1CCCC(NC(=NC)NCCN(C)CC(F)(F)F)C1. The van der Waals surface area contributed by atoms with Crippen molar-refractivity contribution in [1.82, 2.24) is 15.5 Å². The fourth-order valence-corrected chi connectivity index (χ4v) is 2.93. The summed E-state index contributed by atoms with van der Waals surface area (Å²) in [7, 11) is 3.16. The summed E-state index contributed by atoms with van der Waals surface area (Å²) in [5.74, 6) is 1.45. The van der Waals surface area contributed by atoms with E-state index in [0.29, 0.717) is 25.1 Å². The molecule has 7 heteroatoms. The predicted octanol–water partition coefficient (Wildman–Crippen LogP) is 2.61. The van der Waals surface area contributed by atoms with Crippen molar-refractivity contribution in [1.29, 1.82) is 0 Å². The van der Waals surface area contributed by atoms with Crippen LogP contribution in [-0.2, 0) is 0 Å². The molecule has 2 atom stereocenters. The lowest BCUT2D eigenvalue weighted by molar-refractivity contribution is -0.142. The summed E-state index contributed by atoms with van der Waals surface area (Å²) in [4.78, 5) is 5.42. The zero-order chi connectivity index (χ0) is 16.6. The van der Waals surface area contributed by atoms with Crippen molar-refractivity contribution in [3.8, 4) is 0 Å². The smallest absolute Gasteiger partial charge is 0.355 e. The van der Waals surface area contributed by atoms with E-state index in [2.05, 4.69) is 22.5 Å². The van der Waals surface area contributed by atoms with Crippen molar-refractivity contribution < 1.29 is 13.2 Å². The molecular weight excluding hydrogens is 293 g/mol. The second-order valence-corrected chi connectivity index (χ2v) is 6.13. The van der Waals surface area contributed by atoms with Gasteiger partial charge in [-0.25, -0.2) is 0 Å². The van der Waals surface area contributed by atoms with Crippen molar-refractivity contribution in [2.45, 2.75) is 51.2 Å². The highest BCUT2D eigenvalue weighted by molar-refractivity contribution is 5.79. The van der Waals surface area contributed by atoms with Crippen molar-refractivity contribution in [3.63, 3.8) is 0 Å². The van der Waals surface area contributed by atoms with Crippen LogP contribution in [0.1, 0.15) is 39.0 Å². The molecule has 4 nitrogen and oxygen atoms in total. The summed E-state index contributed by atoms with van der Waals surface area (Å²) in [6.45, 7) is 2.09. The average Bonchev–Trinajstić information content (AvgIpc) is 2.44. The van der Waals surface area contributed by atoms with Crippen LogP contribution in [0.15, 0.2) is 4.99 Å². The Morgan fingerprint density at radius 3 is 2.64 bits per heavy atom. The first kappa shape index (κ1) is 19.1. The van der Waals surface area contributed by atoms with Crippen molar-refractivity contribution in [3.05, 3.63) is 0 Å². The summed E-state index contributed by atoms with van der Waals surface area (Å²) in [5, 5.41) is 6.49. The Morgan fingerprint density at radius 1 is 1.32 bits per heavy atom. The van der Waals surface area contributed by atoms with E-state index in [4.69, 9.17) is 0 Å². The predicted molar refractivity (Wildman–Crippen MR) is 84.1 cm³/mol. The Bertz CT molecular complexity index is 344. The number of halogens is 3.